The molecular formula is C18H20N4O2. The predicted octanol–water partition coefficient (Wildman–Crippen LogP) is 3.05. The highest BCUT2D eigenvalue weighted by Gasteiger charge is 2.15. The molecule has 0 aliphatic rings. The number of likely N-dealkylation sites (N-methyl/N-ethyl adjacent to an activating group) is 1. The molecule has 0 bridgehead atoms. The Kier molecular flexibility index (Phi) is 4.86. The molecule has 2 heterocycles. The first-order valence-corrected chi connectivity index (χ1v) is 7.76. The molecule has 1 aromatic carbocycles. The van der Waals surface area contributed by atoms with E-state index in [1.54, 1.807) is 18.4 Å². The highest BCUT2D eigenvalue weighted by atomic mass is 16.5. The summed E-state index contributed by atoms with van der Waals surface area (Å²) in [5.74, 6) is 1.44. The lowest BCUT2D eigenvalue weighted by molar-refractivity contribution is 0.253. The van der Waals surface area contributed by atoms with Gasteiger partial charge in [-0.1, -0.05) is 29.8 Å². The third-order valence-electron chi connectivity index (χ3n) is 3.50. The largest absolute Gasteiger partial charge is 0.475 e. The van der Waals surface area contributed by atoms with Crippen LogP contribution in [-0.4, -0.2) is 47.3 Å². The minimum atomic E-state index is 0.413. The number of aryl methyl sites for hydroxylation is 1. The molecule has 6 nitrogen and oxygen atoms in total. The molecule has 0 aliphatic heterocycles. The van der Waals surface area contributed by atoms with Gasteiger partial charge in [-0.05, 0) is 33.2 Å². The normalized spacial score (nSPS) is 11.0. The molecule has 3 rings (SSSR count). The Morgan fingerprint density at radius 1 is 1.08 bits per heavy atom. The van der Waals surface area contributed by atoms with Gasteiger partial charge in [0.25, 0.3) is 0 Å². The van der Waals surface area contributed by atoms with Gasteiger partial charge in [0, 0.05) is 12.1 Å². The Morgan fingerprint density at radius 2 is 1.88 bits per heavy atom. The molecule has 0 saturated heterocycles. The second-order valence-corrected chi connectivity index (χ2v) is 5.78. The van der Waals surface area contributed by atoms with Crippen molar-refractivity contribution >= 4 is 0 Å². The number of hydrogen-bond donors (Lipinski definition) is 0. The monoisotopic (exact) mass is 324 g/mol. The van der Waals surface area contributed by atoms with Crippen LogP contribution in [0.15, 0.2) is 47.1 Å². The van der Waals surface area contributed by atoms with Crippen LogP contribution in [-0.2, 0) is 0 Å². The van der Waals surface area contributed by atoms with E-state index in [2.05, 4.69) is 15.2 Å². The smallest absolute Gasteiger partial charge is 0.244 e. The summed E-state index contributed by atoms with van der Waals surface area (Å²) < 4.78 is 11.2. The van der Waals surface area contributed by atoms with Crippen LogP contribution in [0.3, 0.4) is 0 Å². The maximum atomic E-state index is 5.87. The van der Waals surface area contributed by atoms with Crippen molar-refractivity contribution in [3.05, 3.63) is 48.2 Å². The van der Waals surface area contributed by atoms with Crippen molar-refractivity contribution in [2.45, 2.75) is 6.92 Å². The van der Waals surface area contributed by atoms with Crippen LogP contribution in [0.5, 0.6) is 5.88 Å². The Labute approximate surface area is 141 Å². The minimum Gasteiger partial charge on any atom is -0.475 e. The molecule has 0 radical (unpaired) electrons. The first-order chi connectivity index (χ1) is 11.6. The van der Waals surface area contributed by atoms with Crippen molar-refractivity contribution in [3.8, 4) is 28.7 Å². The molecule has 0 N–H and O–H groups in total. The topological polar surface area (TPSA) is 64.3 Å². The summed E-state index contributed by atoms with van der Waals surface area (Å²) in [6, 6.07) is 11.6. The van der Waals surface area contributed by atoms with E-state index in [4.69, 9.17) is 9.15 Å². The zero-order valence-corrected chi connectivity index (χ0v) is 14.1. The van der Waals surface area contributed by atoms with Gasteiger partial charge in [0.2, 0.25) is 11.7 Å². The summed E-state index contributed by atoms with van der Waals surface area (Å²) in [5.41, 5.74) is 2.73. The standard InChI is InChI=1S/C18H20N4O2/c1-13-6-8-14(9-7-13)16-18(24-12-10-22(2)3)19-17(21-20-16)15-5-4-11-23-15/h4-9,11H,10,12H2,1-3H3. The molecular weight excluding hydrogens is 304 g/mol. The zero-order valence-electron chi connectivity index (χ0n) is 14.1. The predicted molar refractivity (Wildman–Crippen MR) is 91.8 cm³/mol. The second kappa shape index (κ2) is 7.23. The van der Waals surface area contributed by atoms with Gasteiger partial charge in [-0.25, -0.2) is 0 Å². The molecule has 6 heteroatoms. The minimum absolute atomic E-state index is 0.413. The van der Waals surface area contributed by atoms with Gasteiger partial charge in [0.05, 0.1) is 6.26 Å². The van der Waals surface area contributed by atoms with Crippen molar-refractivity contribution < 1.29 is 9.15 Å². The summed E-state index contributed by atoms with van der Waals surface area (Å²) >= 11 is 0. The Hall–Kier alpha value is -2.73. The summed E-state index contributed by atoms with van der Waals surface area (Å²) in [4.78, 5) is 6.55. The van der Waals surface area contributed by atoms with Crippen molar-refractivity contribution in [1.29, 1.82) is 0 Å². The van der Waals surface area contributed by atoms with Gasteiger partial charge in [-0.3, -0.25) is 0 Å². The lowest BCUT2D eigenvalue weighted by atomic mass is 10.1. The van der Waals surface area contributed by atoms with Gasteiger partial charge in [-0.15, -0.1) is 10.2 Å². The number of rotatable bonds is 6. The SMILES string of the molecule is Cc1ccc(-c2nnc(-c3ccco3)nc2OCCN(C)C)cc1. The number of hydrogen-bond acceptors (Lipinski definition) is 6. The fourth-order valence-corrected chi connectivity index (χ4v) is 2.14. The second-order valence-electron chi connectivity index (χ2n) is 5.78. The number of benzene rings is 1. The molecule has 0 fully saturated rings. The maximum absolute atomic E-state index is 5.87. The van der Waals surface area contributed by atoms with Crippen molar-refractivity contribution in [3.63, 3.8) is 0 Å². The van der Waals surface area contributed by atoms with Crippen LogP contribution in [0.2, 0.25) is 0 Å². The molecule has 3 aromatic rings. The van der Waals surface area contributed by atoms with E-state index in [0.29, 0.717) is 29.8 Å². The fourth-order valence-electron chi connectivity index (χ4n) is 2.14. The Balaban J connectivity index is 1.95. The van der Waals surface area contributed by atoms with Crippen LogP contribution >= 0.6 is 0 Å². The number of nitrogens with zero attached hydrogens (tertiary/aromatic N) is 4. The average molecular weight is 324 g/mol. The van der Waals surface area contributed by atoms with Crippen LogP contribution in [0.4, 0.5) is 0 Å². The third kappa shape index (κ3) is 3.78. The molecule has 0 saturated carbocycles. The van der Waals surface area contributed by atoms with E-state index < -0.39 is 0 Å². The average Bonchev–Trinajstić information content (AvgIpc) is 3.10. The zero-order chi connectivity index (χ0) is 16.9. The van der Waals surface area contributed by atoms with Gasteiger partial charge in [-0.2, -0.15) is 4.98 Å². The van der Waals surface area contributed by atoms with Crippen molar-refractivity contribution in [1.82, 2.24) is 20.1 Å². The fraction of sp³-hybridized carbons (Fsp3) is 0.278. The van der Waals surface area contributed by atoms with E-state index >= 15 is 0 Å². The van der Waals surface area contributed by atoms with E-state index in [9.17, 15) is 0 Å². The van der Waals surface area contributed by atoms with E-state index in [1.807, 2.05) is 50.2 Å². The van der Waals surface area contributed by atoms with E-state index in [0.717, 1.165) is 12.1 Å². The number of aromatic nitrogens is 3. The first-order valence-electron chi connectivity index (χ1n) is 7.76. The summed E-state index contributed by atoms with van der Waals surface area (Å²) in [6.07, 6.45) is 1.58. The van der Waals surface area contributed by atoms with Gasteiger partial charge in [0.1, 0.15) is 6.61 Å². The molecule has 0 atom stereocenters. The quantitative estimate of drug-likeness (QED) is 0.694. The van der Waals surface area contributed by atoms with Crippen LogP contribution in [0.1, 0.15) is 5.56 Å². The third-order valence-corrected chi connectivity index (χ3v) is 3.50. The Morgan fingerprint density at radius 3 is 2.54 bits per heavy atom. The molecule has 24 heavy (non-hydrogen) atoms. The molecule has 2 aromatic heterocycles. The van der Waals surface area contributed by atoms with Crippen LogP contribution in [0.25, 0.3) is 22.8 Å². The highest BCUT2D eigenvalue weighted by molar-refractivity contribution is 5.65. The summed E-state index contributed by atoms with van der Waals surface area (Å²) in [6.45, 7) is 3.35. The highest BCUT2D eigenvalue weighted by Crippen LogP contribution is 2.28. The molecule has 0 amide bonds. The van der Waals surface area contributed by atoms with Gasteiger partial charge in [0.15, 0.2) is 11.5 Å². The lowest BCUT2D eigenvalue weighted by Gasteiger charge is -2.13. The molecule has 124 valence electrons. The molecule has 0 aliphatic carbocycles. The van der Waals surface area contributed by atoms with Crippen molar-refractivity contribution in [2.75, 3.05) is 27.2 Å². The molecule has 0 spiro atoms. The van der Waals surface area contributed by atoms with Crippen molar-refractivity contribution in [2.24, 2.45) is 0 Å². The molecule has 0 unspecified atom stereocenters. The number of ether oxygens (including phenoxy) is 1. The van der Waals surface area contributed by atoms with Crippen LogP contribution in [0, 0.1) is 6.92 Å². The van der Waals surface area contributed by atoms with E-state index in [1.165, 1.54) is 5.56 Å². The lowest BCUT2D eigenvalue weighted by Crippen LogP contribution is -2.20. The van der Waals surface area contributed by atoms with Crippen LogP contribution < -0.4 is 4.74 Å². The maximum Gasteiger partial charge on any atom is 0.244 e. The first kappa shape index (κ1) is 16.1. The summed E-state index contributed by atoms with van der Waals surface area (Å²) in [5, 5.41) is 8.50. The van der Waals surface area contributed by atoms with E-state index in [-0.39, 0.29) is 0 Å². The Bertz CT molecular complexity index is 783. The van der Waals surface area contributed by atoms with Gasteiger partial charge < -0.3 is 14.1 Å². The summed E-state index contributed by atoms with van der Waals surface area (Å²) in [7, 11) is 3.99. The van der Waals surface area contributed by atoms with Gasteiger partial charge >= 0.3 is 0 Å². The number of furan rings is 1.